The summed E-state index contributed by atoms with van der Waals surface area (Å²) in [4.78, 5) is 2.71. The maximum Gasteiger partial charge on any atom is 0.119 e. The van der Waals surface area contributed by atoms with E-state index in [9.17, 15) is 0 Å². The molecule has 4 heteroatoms. The van der Waals surface area contributed by atoms with Gasteiger partial charge in [0, 0.05) is 18.6 Å². The maximum atomic E-state index is 5.38. The zero-order valence-electron chi connectivity index (χ0n) is 14.0. The predicted molar refractivity (Wildman–Crippen MR) is 94.1 cm³/mol. The van der Waals surface area contributed by atoms with E-state index in [0.29, 0.717) is 12.1 Å². The number of hydrogen-bond donors (Lipinski definition) is 1. The summed E-state index contributed by atoms with van der Waals surface area (Å²) < 4.78 is 5.38. The molecule has 0 radical (unpaired) electrons. The minimum Gasteiger partial charge on any atom is -0.497 e. The number of benzene rings is 1. The van der Waals surface area contributed by atoms with Gasteiger partial charge in [-0.05, 0) is 75.4 Å². The second-order valence-corrected chi connectivity index (χ2v) is 6.68. The van der Waals surface area contributed by atoms with Gasteiger partial charge in [-0.3, -0.25) is 4.90 Å². The zero-order valence-corrected chi connectivity index (χ0v) is 14.8. The fourth-order valence-corrected chi connectivity index (χ4v) is 3.99. The van der Waals surface area contributed by atoms with Gasteiger partial charge in [0.05, 0.1) is 7.11 Å². The average Bonchev–Trinajstić information content (AvgIpc) is 2.52. The Balaban J connectivity index is 0.00000176. The molecule has 2 atom stereocenters. The van der Waals surface area contributed by atoms with Crippen molar-refractivity contribution in [2.75, 3.05) is 26.7 Å². The molecule has 1 aromatic rings. The van der Waals surface area contributed by atoms with Crippen LogP contribution in [-0.2, 0) is 6.42 Å². The third-order valence-electron chi connectivity index (χ3n) is 5.31. The van der Waals surface area contributed by atoms with Gasteiger partial charge in [0.1, 0.15) is 5.75 Å². The highest BCUT2D eigenvalue weighted by Crippen LogP contribution is 2.35. The molecule has 2 unspecified atom stereocenters. The Morgan fingerprint density at radius 2 is 1.95 bits per heavy atom. The van der Waals surface area contributed by atoms with Gasteiger partial charge in [-0.25, -0.2) is 0 Å². The molecule has 124 valence electrons. The van der Waals surface area contributed by atoms with E-state index in [1.165, 1.54) is 43.6 Å². The third kappa shape index (κ3) is 3.58. The summed E-state index contributed by atoms with van der Waals surface area (Å²) in [6.07, 6.45) is 3.79. The lowest BCUT2D eigenvalue weighted by Gasteiger charge is -2.42. The number of halogens is 1. The number of ether oxygens (including phenoxy) is 1. The molecule has 2 aliphatic rings. The minimum atomic E-state index is 0. The standard InChI is InChI=1S/C18H28N2O.ClH/c1-13-10-16-11-17(21-3)4-5-18(16)14(2)20(13)12-15-6-8-19-9-7-15;/h4-5,11,13-15,19H,6-10,12H2,1-3H3;1H. The first-order valence-electron chi connectivity index (χ1n) is 8.32. The summed E-state index contributed by atoms with van der Waals surface area (Å²) in [7, 11) is 1.75. The predicted octanol–water partition coefficient (Wildman–Crippen LogP) is 3.42. The van der Waals surface area contributed by atoms with E-state index >= 15 is 0 Å². The molecule has 0 amide bonds. The smallest absolute Gasteiger partial charge is 0.119 e. The Labute approximate surface area is 140 Å². The van der Waals surface area contributed by atoms with Crippen LogP contribution in [0.4, 0.5) is 0 Å². The number of nitrogens with zero attached hydrogens (tertiary/aromatic N) is 1. The summed E-state index contributed by atoms with van der Waals surface area (Å²) >= 11 is 0. The van der Waals surface area contributed by atoms with Crippen LogP contribution in [0, 0.1) is 5.92 Å². The van der Waals surface area contributed by atoms with Crippen LogP contribution in [0.3, 0.4) is 0 Å². The highest BCUT2D eigenvalue weighted by atomic mass is 35.5. The molecule has 0 saturated carbocycles. The fourth-order valence-electron chi connectivity index (χ4n) is 3.99. The lowest BCUT2D eigenvalue weighted by atomic mass is 9.87. The Hall–Kier alpha value is -0.770. The summed E-state index contributed by atoms with van der Waals surface area (Å²) in [6, 6.07) is 7.73. The van der Waals surface area contributed by atoms with Crippen molar-refractivity contribution in [3.05, 3.63) is 29.3 Å². The van der Waals surface area contributed by atoms with Gasteiger partial charge >= 0.3 is 0 Å². The molecule has 3 nitrogen and oxygen atoms in total. The van der Waals surface area contributed by atoms with E-state index in [4.69, 9.17) is 4.74 Å². The molecule has 3 rings (SSSR count). The van der Waals surface area contributed by atoms with Crippen LogP contribution in [0.25, 0.3) is 0 Å². The summed E-state index contributed by atoms with van der Waals surface area (Å²) in [6.45, 7) is 8.36. The number of rotatable bonds is 3. The molecule has 1 fully saturated rings. The molecule has 2 heterocycles. The summed E-state index contributed by atoms with van der Waals surface area (Å²) in [5.41, 5.74) is 2.96. The Morgan fingerprint density at radius 3 is 2.64 bits per heavy atom. The van der Waals surface area contributed by atoms with Crippen molar-refractivity contribution >= 4 is 12.4 Å². The van der Waals surface area contributed by atoms with Gasteiger partial charge in [0.15, 0.2) is 0 Å². The number of piperidine rings is 1. The molecule has 0 aromatic heterocycles. The van der Waals surface area contributed by atoms with Gasteiger partial charge in [-0.15, -0.1) is 12.4 Å². The first-order chi connectivity index (χ1) is 10.2. The van der Waals surface area contributed by atoms with Gasteiger partial charge < -0.3 is 10.1 Å². The van der Waals surface area contributed by atoms with Gasteiger partial charge in [0.25, 0.3) is 0 Å². The highest BCUT2D eigenvalue weighted by Gasteiger charge is 2.31. The Morgan fingerprint density at radius 1 is 1.23 bits per heavy atom. The van der Waals surface area contributed by atoms with Crippen LogP contribution >= 0.6 is 12.4 Å². The van der Waals surface area contributed by atoms with Gasteiger partial charge in [-0.2, -0.15) is 0 Å². The van der Waals surface area contributed by atoms with E-state index in [1.54, 1.807) is 7.11 Å². The van der Waals surface area contributed by atoms with E-state index in [0.717, 1.165) is 18.1 Å². The molecule has 0 bridgehead atoms. The van der Waals surface area contributed by atoms with Crippen molar-refractivity contribution in [3.63, 3.8) is 0 Å². The molecule has 0 spiro atoms. The maximum absolute atomic E-state index is 5.38. The summed E-state index contributed by atoms with van der Waals surface area (Å²) in [5.74, 6) is 1.84. The van der Waals surface area contributed by atoms with Crippen molar-refractivity contribution in [2.45, 2.75) is 45.2 Å². The van der Waals surface area contributed by atoms with Crippen molar-refractivity contribution in [3.8, 4) is 5.75 Å². The first-order valence-corrected chi connectivity index (χ1v) is 8.32. The molecule has 0 aliphatic carbocycles. The largest absolute Gasteiger partial charge is 0.497 e. The monoisotopic (exact) mass is 324 g/mol. The second kappa shape index (κ2) is 7.67. The number of nitrogens with one attached hydrogen (secondary N) is 1. The minimum absolute atomic E-state index is 0. The molecule has 22 heavy (non-hydrogen) atoms. The van der Waals surface area contributed by atoms with Crippen molar-refractivity contribution in [2.24, 2.45) is 5.92 Å². The molecular weight excluding hydrogens is 296 g/mol. The van der Waals surface area contributed by atoms with Crippen molar-refractivity contribution in [1.82, 2.24) is 10.2 Å². The topological polar surface area (TPSA) is 24.5 Å². The van der Waals surface area contributed by atoms with Crippen LogP contribution < -0.4 is 10.1 Å². The fraction of sp³-hybridized carbons (Fsp3) is 0.667. The second-order valence-electron chi connectivity index (χ2n) is 6.68. The van der Waals surface area contributed by atoms with Crippen LogP contribution in [0.2, 0.25) is 0 Å². The van der Waals surface area contributed by atoms with E-state index in [-0.39, 0.29) is 12.4 Å². The average molecular weight is 325 g/mol. The van der Waals surface area contributed by atoms with E-state index in [1.807, 2.05) is 0 Å². The van der Waals surface area contributed by atoms with Crippen molar-refractivity contribution < 1.29 is 4.74 Å². The van der Waals surface area contributed by atoms with Crippen LogP contribution in [0.1, 0.15) is 43.9 Å². The first kappa shape index (κ1) is 17.6. The van der Waals surface area contributed by atoms with Gasteiger partial charge in [0.2, 0.25) is 0 Å². The zero-order chi connectivity index (χ0) is 14.8. The lowest BCUT2D eigenvalue weighted by Crippen LogP contribution is -2.45. The van der Waals surface area contributed by atoms with Crippen LogP contribution in [0.5, 0.6) is 5.75 Å². The quantitative estimate of drug-likeness (QED) is 0.922. The molecule has 1 aromatic carbocycles. The Kier molecular flexibility index (Phi) is 6.13. The third-order valence-corrected chi connectivity index (χ3v) is 5.31. The van der Waals surface area contributed by atoms with E-state index in [2.05, 4.69) is 42.3 Å². The SMILES string of the molecule is COc1ccc2c(c1)CC(C)N(CC1CCNCC1)C2C.Cl. The highest BCUT2D eigenvalue weighted by molar-refractivity contribution is 5.85. The van der Waals surface area contributed by atoms with Crippen LogP contribution in [0.15, 0.2) is 18.2 Å². The number of methoxy groups -OCH3 is 1. The lowest BCUT2D eigenvalue weighted by molar-refractivity contribution is 0.104. The van der Waals surface area contributed by atoms with Gasteiger partial charge in [-0.1, -0.05) is 6.07 Å². The Bertz CT molecular complexity index is 488. The van der Waals surface area contributed by atoms with Crippen LogP contribution in [-0.4, -0.2) is 37.7 Å². The number of hydrogen-bond acceptors (Lipinski definition) is 3. The molecular formula is C18H29ClN2O. The normalized spacial score (nSPS) is 26.1. The molecule has 1 N–H and O–H groups in total. The van der Waals surface area contributed by atoms with Crippen molar-refractivity contribution in [1.29, 1.82) is 0 Å². The number of fused-ring (bicyclic) bond motifs is 1. The van der Waals surface area contributed by atoms with E-state index < -0.39 is 0 Å². The molecule has 2 aliphatic heterocycles. The molecule has 1 saturated heterocycles. The summed E-state index contributed by atoms with van der Waals surface area (Å²) in [5, 5.41) is 3.47.